The summed E-state index contributed by atoms with van der Waals surface area (Å²) in [6, 6.07) is 6.92. The highest BCUT2D eigenvalue weighted by molar-refractivity contribution is 7.89. The number of benzene rings is 1. The van der Waals surface area contributed by atoms with Crippen molar-refractivity contribution < 1.29 is 8.42 Å². The van der Waals surface area contributed by atoms with E-state index >= 15 is 0 Å². The first-order valence-corrected chi connectivity index (χ1v) is 8.51. The Hall–Kier alpha value is -0.580. The Morgan fingerprint density at radius 1 is 1.32 bits per heavy atom. The fraction of sp³-hybridized carbons (Fsp3) is 0.571. The van der Waals surface area contributed by atoms with E-state index in [1.54, 1.807) is 12.1 Å². The van der Waals surface area contributed by atoms with E-state index in [0.717, 1.165) is 18.4 Å². The number of aryl methyl sites for hydroxylation is 1. The quantitative estimate of drug-likeness (QED) is 0.821. The van der Waals surface area contributed by atoms with E-state index in [-0.39, 0.29) is 5.41 Å². The summed E-state index contributed by atoms with van der Waals surface area (Å²) >= 11 is 5.65. The fourth-order valence-corrected chi connectivity index (χ4v) is 3.46. The molecule has 0 amide bonds. The third kappa shape index (κ3) is 3.71. The lowest BCUT2D eigenvalue weighted by atomic mass is 10.1. The minimum Gasteiger partial charge on any atom is -0.211 e. The normalized spacial score (nSPS) is 21.3. The van der Waals surface area contributed by atoms with E-state index in [0.29, 0.717) is 23.2 Å². The van der Waals surface area contributed by atoms with Gasteiger partial charge in [-0.2, -0.15) is 0 Å². The van der Waals surface area contributed by atoms with Gasteiger partial charge in [0.15, 0.2) is 0 Å². The minimum absolute atomic E-state index is 0.284. The predicted molar refractivity (Wildman–Crippen MR) is 77.9 cm³/mol. The van der Waals surface area contributed by atoms with E-state index in [1.165, 1.54) is 0 Å². The predicted octanol–water partition coefficient (Wildman–Crippen LogP) is 2.79. The Kier molecular flexibility index (Phi) is 4.23. The van der Waals surface area contributed by atoms with Crippen LogP contribution in [0.1, 0.15) is 25.8 Å². The molecule has 1 saturated carbocycles. The average molecular weight is 302 g/mol. The van der Waals surface area contributed by atoms with Crippen LogP contribution in [0.5, 0.6) is 0 Å². The summed E-state index contributed by atoms with van der Waals surface area (Å²) in [5.41, 5.74) is 1.34. The number of rotatable bonds is 6. The van der Waals surface area contributed by atoms with E-state index < -0.39 is 10.0 Å². The van der Waals surface area contributed by atoms with Gasteiger partial charge in [-0.3, -0.25) is 0 Å². The van der Waals surface area contributed by atoms with Gasteiger partial charge in [-0.25, -0.2) is 13.1 Å². The summed E-state index contributed by atoms with van der Waals surface area (Å²) in [5, 5.41) is 0. The van der Waals surface area contributed by atoms with Crippen LogP contribution in [0, 0.1) is 11.3 Å². The number of alkyl halides is 1. The number of hydrogen-bond donors (Lipinski definition) is 1. The van der Waals surface area contributed by atoms with Crippen molar-refractivity contribution in [2.24, 2.45) is 11.3 Å². The SMILES string of the molecule is CC1(C)CC1CNS(=O)(=O)c1ccc(CCCl)cc1. The van der Waals surface area contributed by atoms with E-state index in [1.807, 2.05) is 12.1 Å². The van der Waals surface area contributed by atoms with Crippen LogP contribution < -0.4 is 4.72 Å². The molecule has 1 aliphatic carbocycles. The molecule has 2 rings (SSSR count). The summed E-state index contributed by atoms with van der Waals surface area (Å²) in [6.45, 7) is 4.85. The molecule has 0 aliphatic heterocycles. The Bertz CT molecular complexity index is 537. The molecule has 19 heavy (non-hydrogen) atoms. The number of halogens is 1. The van der Waals surface area contributed by atoms with Gasteiger partial charge in [-0.1, -0.05) is 26.0 Å². The van der Waals surface area contributed by atoms with Crippen molar-refractivity contribution in [3.05, 3.63) is 29.8 Å². The van der Waals surface area contributed by atoms with Crippen LogP contribution in [0.15, 0.2) is 29.2 Å². The highest BCUT2D eigenvalue weighted by Gasteiger charge is 2.45. The third-order valence-corrected chi connectivity index (χ3v) is 5.48. The Labute approximate surface area is 120 Å². The Morgan fingerprint density at radius 2 is 1.89 bits per heavy atom. The molecule has 1 aromatic carbocycles. The van der Waals surface area contributed by atoms with Crippen molar-refractivity contribution in [2.75, 3.05) is 12.4 Å². The second kappa shape index (κ2) is 5.43. The second-order valence-electron chi connectivity index (χ2n) is 5.82. The van der Waals surface area contributed by atoms with Gasteiger partial charge in [0, 0.05) is 12.4 Å². The lowest BCUT2D eigenvalue weighted by Gasteiger charge is -2.08. The number of sulfonamides is 1. The van der Waals surface area contributed by atoms with E-state index in [2.05, 4.69) is 18.6 Å². The first-order valence-electron chi connectivity index (χ1n) is 6.50. The van der Waals surface area contributed by atoms with E-state index in [9.17, 15) is 8.42 Å². The molecule has 0 spiro atoms. The van der Waals surface area contributed by atoms with Crippen molar-refractivity contribution in [3.8, 4) is 0 Å². The van der Waals surface area contributed by atoms with Gasteiger partial charge in [0.2, 0.25) is 10.0 Å². The molecule has 1 fully saturated rings. The summed E-state index contributed by atoms with van der Waals surface area (Å²) < 4.78 is 26.9. The van der Waals surface area contributed by atoms with Gasteiger partial charge in [0.05, 0.1) is 4.90 Å². The Morgan fingerprint density at radius 3 is 2.37 bits per heavy atom. The molecule has 5 heteroatoms. The Balaban J connectivity index is 1.99. The molecule has 0 aromatic heterocycles. The first kappa shape index (κ1) is 14.8. The van der Waals surface area contributed by atoms with Gasteiger partial charge in [-0.15, -0.1) is 11.6 Å². The summed E-state index contributed by atoms with van der Waals surface area (Å²) in [7, 11) is -3.38. The third-order valence-electron chi connectivity index (χ3n) is 3.85. The van der Waals surface area contributed by atoms with Gasteiger partial charge in [0.25, 0.3) is 0 Å². The summed E-state index contributed by atoms with van der Waals surface area (Å²) in [6.07, 6.45) is 1.84. The second-order valence-corrected chi connectivity index (χ2v) is 7.97. The summed E-state index contributed by atoms with van der Waals surface area (Å²) in [5.74, 6) is 0.999. The minimum atomic E-state index is -3.38. The molecule has 1 N–H and O–H groups in total. The highest BCUT2D eigenvalue weighted by atomic mass is 35.5. The lowest BCUT2D eigenvalue weighted by Crippen LogP contribution is -2.26. The monoisotopic (exact) mass is 301 g/mol. The number of hydrogen-bond acceptors (Lipinski definition) is 2. The van der Waals surface area contributed by atoms with Crippen molar-refractivity contribution in [2.45, 2.75) is 31.6 Å². The maximum absolute atomic E-state index is 12.1. The number of nitrogens with one attached hydrogen (secondary N) is 1. The first-order chi connectivity index (χ1) is 8.85. The molecular formula is C14H20ClNO2S. The molecule has 0 saturated heterocycles. The highest BCUT2D eigenvalue weighted by Crippen LogP contribution is 2.51. The van der Waals surface area contributed by atoms with Gasteiger partial charge in [0.1, 0.15) is 0 Å². The van der Waals surface area contributed by atoms with Gasteiger partial charge < -0.3 is 0 Å². The lowest BCUT2D eigenvalue weighted by molar-refractivity contribution is 0.537. The zero-order valence-corrected chi connectivity index (χ0v) is 12.9. The molecule has 1 aromatic rings. The van der Waals surface area contributed by atoms with Crippen molar-refractivity contribution in [1.82, 2.24) is 4.72 Å². The zero-order chi connectivity index (χ0) is 14.1. The molecule has 0 heterocycles. The average Bonchev–Trinajstić information content (AvgIpc) is 2.96. The van der Waals surface area contributed by atoms with Crippen molar-refractivity contribution in [3.63, 3.8) is 0 Å². The molecule has 106 valence electrons. The molecule has 1 atom stereocenters. The topological polar surface area (TPSA) is 46.2 Å². The van der Waals surface area contributed by atoms with Crippen LogP contribution in [0.4, 0.5) is 0 Å². The molecule has 3 nitrogen and oxygen atoms in total. The van der Waals surface area contributed by atoms with Gasteiger partial charge in [-0.05, 0) is 41.9 Å². The largest absolute Gasteiger partial charge is 0.240 e. The van der Waals surface area contributed by atoms with Gasteiger partial charge >= 0.3 is 0 Å². The molecule has 1 aliphatic rings. The maximum Gasteiger partial charge on any atom is 0.240 e. The van der Waals surface area contributed by atoms with Crippen LogP contribution in [0.3, 0.4) is 0 Å². The van der Waals surface area contributed by atoms with Crippen LogP contribution in [-0.4, -0.2) is 20.8 Å². The van der Waals surface area contributed by atoms with Crippen LogP contribution in [-0.2, 0) is 16.4 Å². The smallest absolute Gasteiger partial charge is 0.211 e. The summed E-state index contributed by atoms with van der Waals surface area (Å²) in [4.78, 5) is 0.323. The van der Waals surface area contributed by atoms with E-state index in [4.69, 9.17) is 11.6 Å². The van der Waals surface area contributed by atoms with Crippen LogP contribution >= 0.6 is 11.6 Å². The molecule has 1 unspecified atom stereocenters. The molecular weight excluding hydrogens is 282 g/mol. The van der Waals surface area contributed by atoms with Crippen molar-refractivity contribution >= 4 is 21.6 Å². The standard InChI is InChI=1S/C14H20ClNO2S/c1-14(2)9-12(14)10-16-19(17,18)13-5-3-11(4-6-13)7-8-15/h3-6,12,16H,7-10H2,1-2H3. The zero-order valence-electron chi connectivity index (χ0n) is 11.3. The molecule has 0 bridgehead atoms. The van der Waals surface area contributed by atoms with Crippen molar-refractivity contribution in [1.29, 1.82) is 0 Å². The maximum atomic E-state index is 12.1. The van der Waals surface area contributed by atoms with Crippen LogP contribution in [0.2, 0.25) is 0 Å². The molecule has 0 radical (unpaired) electrons. The van der Waals surface area contributed by atoms with Crippen LogP contribution in [0.25, 0.3) is 0 Å². The fourth-order valence-electron chi connectivity index (χ4n) is 2.16.